The van der Waals surface area contributed by atoms with Crippen LogP contribution in [0.5, 0.6) is 0 Å². The molecule has 5 heteroatoms. The number of ether oxygens (including phenoxy) is 1. The van der Waals surface area contributed by atoms with Gasteiger partial charge in [-0.1, -0.05) is 0 Å². The van der Waals surface area contributed by atoms with E-state index in [9.17, 15) is 0 Å². The summed E-state index contributed by atoms with van der Waals surface area (Å²) in [4.78, 5) is 13.6. The van der Waals surface area contributed by atoms with E-state index in [1.165, 1.54) is 0 Å². The minimum Gasteiger partial charge on any atom is -0.381 e. The normalized spacial score (nSPS) is 18.8. The Kier molecular flexibility index (Phi) is 5.31. The van der Waals surface area contributed by atoms with Gasteiger partial charge in [-0.3, -0.25) is 0 Å². The van der Waals surface area contributed by atoms with E-state index in [0.29, 0.717) is 5.92 Å². The number of anilines is 1. The molecule has 112 valence electrons. The third-order valence-corrected chi connectivity index (χ3v) is 3.68. The maximum absolute atomic E-state index is 5.46. The van der Waals surface area contributed by atoms with Crippen LogP contribution in [0.4, 0.5) is 5.82 Å². The van der Waals surface area contributed by atoms with E-state index in [4.69, 9.17) is 4.74 Å². The second-order valence-corrected chi connectivity index (χ2v) is 5.84. The van der Waals surface area contributed by atoms with Crippen molar-refractivity contribution in [3.8, 4) is 0 Å². The van der Waals surface area contributed by atoms with E-state index in [2.05, 4.69) is 47.0 Å². The summed E-state index contributed by atoms with van der Waals surface area (Å²) in [6.07, 6.45) is 2.20. The van der Waals surface area contributed by atoms with Gasteiger partial charge in [0.25, 0.3) is 0 Å². The zero-order chi connectivity index (χ0) is 14.5. The molecule has 0 saturated carbocycles. The molecule has 0 bridgehead atoms. The van der Waals surface area contributed by atoms with Crippen LogP contribution in [0, 0.1) is 6.92 Å². The molecule has 1 aliphatic heterocycles. The summed E-state index contributed by atoms with van der Waals surface area (Å²) in [6, 6.07) is 2.13. The Labute approximate surface area is 122 Å². The van der Waals surface area contributed by atoms with E-state index in [1.807, 2.05) is 6.92 Å². The van der Waals surface area contributed by atoms with Gasteiger partial charge in [0, 0.05) is 32.2 Å². The van der Waals surface area contributed by atoms with Gasteiger partial charge in [-0.05, 0) is 40.4 Å². The number of rotatable bonds is 6. The average molecular weight is 278 g/mol. The molecule has 20 heavy (non-hydrogen) atoms. The van der Waals surface area contributed by atoms with Crippen LogP contribution < -0.4 is 4.90 Å². The lowest BCUT2D eigenvalue weighted by atomic mass is 10.0. The summed E-state index contributed by atoms with van der Waals surface area (Å²) in [5.41, 5.74) is 1.13. The lowest BCUT2D eigenvalue weighted by molar-refractivity contribution is 0.193. The second kappa shape index (κ2) is 6.99. The maximum Gasteiger partial charge on any atom is 0.132 e. The quantitative estimate of drug-likeness (QED) is 0.792. The molecule has 0 spiro atoms. The highest BCUT2D eigenvalue weighted by molar-refractivity contribution is 5.39. The Morgan fingerprint density at radius 1 is 1.25 bits per heavy atom. The zero-order valence-corrected chi connectivity index (χ0v) is 13.1. The molecule has 1 aromatic heterocycles. The van der Waals surface area contributed by atoms with Crippen LogP contribution in [-0.4, -0.2) is 62.3 Å². The molecule has 2 heterocycles. The first-order chi connectivity index (χ1) is 9.56. The molecule has 0 amide bonds. The van der Waals surface area contributed by atoms with Crippen LogP contribution in [0.1, 0.15) is 30.3 Å². The van der Waals surface area contributed by atoms with Gasteiger partial charge in [0.15, 0.2) is 0 Å². The van der Waals surface area contributed by atoms with Gasteiger partial charge in [0.2, 0.25) is 0 Å². The summed E-state index contributed by atoms with van der Waals surface area (Å²) in [6.45, 7) is 5.71. The van der Waals surface area contributed by atoms with Crippen molar-refractivity contribution < 1.29 is 4.74 Å². The first-order valence-corrected chi connectivity index (χ1v) is 7.35. The minimum atomic E-state index is 0.436. The summed E-state index contributed by atoms with van der Waals surface area (Å²) in [5, 5.41) is 0. The van der Waals surface area contributed by atoms with Crippen LogP contribution in [0.3, 0.4) is 0 Å². The molecule has 1 aliphatic rings. The summed E-state index contributed by atoms with van der Waals surface area (Å²) >= 11 is 0. The molecule has 1 aromatic rings. The molecule has 5 nitrogen and oxygen atoms in total. The number of aromatic nitrogens is 2. The highest BCUT2D eigenvalue weighted by Crippen LogP contribution is 2.25. The van der Waals surface area contributed by atoms with Crippen LogP contribution >= 0.6 is 0 Å². The number of hydrogen-bond donors (Lipinski definition) is 0. The smallest absolute Gasteiger partial charge is 0.132 e. The van der Waals surface area contributed by atoms with Gasteiger partial charge in [-0.2, -0.15) is 0 Å². The lowest BCUT2D eigenvalue weighted by Crippen LogP contribution is -2.24. The molecule has 1 atom stereocenters. The van der Waals surface area contributed by atoms with Crippen molar-refractivity contribution in [3.05, 3.63) is 17.6 Å². The molecule has 0 unspecified atom stereocenters. The molecule has 0 N–H and O–H groups in total. The molecule has 0 aliphatic carbocycles. The summed E-state index contributed by atoms with van der Waals surface area (Å²) in [7, 11) is 6.31. The van der Waals surface area contributed by atoms with Crippen molar-refractivity contribution in [2.75, 3.05) is 52.3 Å². The number of hydrogen-bond acceptors (Lipinski definition) is 5. The van der Waals surface area contributed by atoms with Crippen molar-refractivity contribution in [3.63, 3.8) is 0 Å². The van der Waals surface area contributed by atoms with E-state index in [-0.39, 0.29) is 0 Å². The number of nitrogens with zero attached hydrogens (tertiary/aromatic N) is 4. The molecule has 0 radical (unpaired) electrons. The van der Waals surface area contributed by atoms with E-state index in [0.717, 1.165) is 56.5 Å². The van der Waals surface area contributed by atoms with Gasteiger partial charge >= 0.3 is 0 Å². The van der Waals surface area contributed by atoms with Crippen LogP contribution in [-0.2, 0) is 4.74 Å². The number of aryl methyl sites for hydroxylation is 1. The fourth-order valence-corrected chi connectivity index (χ4v) is 2.49. The average Bonchev–Trinajstić information content (AvgIpc) is 2.91. The predicted octanol–water partition coefficient (Wildman–Crippen LogP) is 1.68. The van der Waals surface area contributed by atoms with E-state index < -0.39 is 0 Å². The van der Waals surface area contributed by atoms with Crippen LogP contribution in [0.2, 0.25) is 0 Å². The van der Waals surface area contributed by atoms with Crippen molar-refractivity contribution >= 4 is 5.82 Å². The largest absolute Gasteiger partial charge is 0.381 e. The van der Waals surface area contributed by atoms with Crippen molar-refractivity contribution in [1.29, 1.82) is 0 Å². The predicted molar refractivity (Wildman–Crippen MR) is 81.4 cm³/mol. The van der Waals surface area contributed by atoms with Crippen molar-refractivity contribution in [2.24, 2.45) is 0 Å². The first kappa shape index (κ1) is 15.2. The van der Waals surface area contributed by atoms with Gasteiger partial charge in [-0.15, -0.1) is 0 Å². The standard InChI is InChI=1S/C15H26N4O/c1-12-16-14(13-6-9-20-11-13)10-15(17-12)19(4)8-5-7-18(2)3/h10,13H,5-9,11H2,1-4H3/t13-/m1/s1. The van der Waals surface area contributed by atoms with Crippen LogP contribution in [0.25, 0.3) is 0 Å². The van der Waals surface area contributed by atoms with Gasteiger partial charge in [0.1, 0.15) is 11.6 Å². The Hall–Kier alpha value is -1.20. The minimum absolute atomic E-state index is 0.436. The van der Waals surface area contributed by atoms with Gasteiger partial charge in [-0.25, -0.2) is 9.97 Å². The zero-order valence-electron chi connectivity index (χ0n) is 13.1. The molecule has 2 rings (SSSR count). The Morgan fingerprint density at radius 2 is 2.05 bits per heavy atom. The Bertz CT molecular complexity index is 430. The SMILES string of the molecule is Cc1nc([C@@H]2CCOC2)cc(N(C)CCCN(C)C)n1. The lowest BCUT2D eigenvalue weighted by Gasteiger charge is -2.21. The maximum atomic E-state index is 5.46. The topological polar surface area (TPSA) is 41.5 Å². The Morgan fingerprint density at radius 3 is 2.70 bits per heavy atom. The monoisotopic (exact) mass is 278 g/mol. The fraction of sp³-hybridized carbons (Fsp3) is 0.733. The highest BCUT2D eigenvalue weighted by Gasteiger charge is 2.20. The molecular formula is C15H26N4O. The van der Waals surface area contributed by atoms with Crippen molar-refractivity contribution in [2.45, 2.75) is 25.7 Å². The highest BCUT2D eigenvalue weighted by atomic mass is 16.5. The fourth-order valence-electron chi connectivity index (χ4n) is 2.49. The summed E-state index contributed by atoms with van der Waals surface area (Å²) in [5.74, 6) is 2.31. The third kappa shape index (κ3) is 4.15. The Balaban J connectivity index is 2.02. The molecular weight excluding hydrogens is 252 g/mol. The van der Waals surface area contributed by atoms with E-state index in [1.54, 1.807) is 0 Å². The molecule has 1 saturated heterocycles. The first-order valence-electron chi connectivity index (χ1n) is 7.35. The summed E-state index contributed by atoms with van der Waals surface area (Å²) < 4.78 is 5.46. The third-order valence-electron chi connectivity index (χ3n) is 3.68. The van der Waals surface area contributed by atoms with Gasteiger partial charge in [0.05, 0.1) is 12.3 Å². The molecule has 0 aromatic carbocycles. The molecule has 1 fully saturated rings. The van der Waals surface area contributed by atoms with Crippen LogP contribution in [0.15, 0.2) is 6.07 Å². The van der Waals surface area contributed by atoms with Gasteiger partial charge < -0.3 is 14.5 Å². The second-order valence-electron chi connectivity index (χ2n) is 5.84. The van der Waals surface area contributed by atoms with Crippen molar-refractivity contribution in [1.82, 2.24) is 14.9 Å². The van der Waals surface area contributed by atoms with E-state index >= 15 is 0 Å².